The highest BCUT2D eigenvalue weighted by Gasteiger charge is 2.37. The Hall–Kier alpha value is -0.450. The number of piperidine rings is 1. The van der Waals surface area contributed by atoms with Gasteiger partial charge in [0.1, 0.15) is 5.01 Å². The molecule has 1 aromatic heterocycles. The third kappa shape index (κ3) is 3.11. The van der Waals surface area contributed by atoms with E-state index in [2.05, 4.69) is 41.4 Å². The molecule has 4 heteroatoms. The molecule has 1 N–H and O–H groups in total. The summed E-state index contributed by atoms with van der Waals surface area (Å²) in [6, 6.07) is 0. The second kappa shape index (κ2) is 6.13. The molecule has 0 saturated carbocycles. The Morgan fingerprint density at radius 1 is 1.44 bits per heavy atom. The van der Waals surface area contributed by atoms with Gasteiger partial charge >= 0.3 is 0 Å². The van der Waals surface area contributed by atoms with Crippen molar-refractivity contribution < 1.29 is 0 Å². The zero-order valence-corrected chi connectivity index (χ0v) is 12.6. The van der Waals surface area contributed by atoms with E-state index >= 15 is 0 Å². The van der Waals surface area contributed by atoms with Crippen molar-refractivity contribution in [1.82, 2.24) is 15.2 Å². The first-order valence-corrected chi connectivity index (χ1v) is 7.91. The lowest BCUT2D eigenvalue weighted by Crippen LogP contribution is -2.51. The fraction of sp³-hybridized carbons (Fsp3) is 0.786. The van der Waals surface area contributed by atoms with Gasteiger partial charge in [-0.15, -0.1) is 11.3 Å². The summed E-state index contributed by atoms with van der Waals surface area (Å²) in [5.41, 5.74) is 0.135. The van der Waals surface area contributed by atoms with Gasteiger partial charge < -0.3 is 10.2 Å². The molecule has 0 aromatic carbocycles. The predicted octanol–water partition coefficient (Wildman–Crippen LogP) is 2.70. The van der Waals surface area contributed by atoms with Crippen molar-refractivity contribution in [2.24, 2.45) is 5.92 Å². The maximum Gasteiger partial charge on any atom is 0.113 e. The zero-order valence-electron chi connectivity index (χ0n) is 11.8. The quantitative estimate of drug-likeness (QED) is 0.889. The van der Waals surface area contributed by atoms with Gasteiger partial charge in [-0.05, 0) is 25.3 Å². The van der Waals surface area contributed by atoms with Gasteiger partial charge in [-0.25, -0.2) is 4.98 Å². The van der Waals surface area contributed by atoms with Crippen molar-refractivity contribution in [3.63, 3.8) is 0 Å². The van der Waals surface area contributed by atoms with E-state index < -0.39 is 0 Å². The van der Waals surface area contributed by atoms with Crippen LogP contribution in [0.2, 0.25) is 0 Å². The largest absolute Gasteiger partial charge is 0.306 e. The molecule has 1 saturated heterocycles. The summed E-state index contributed by atoms with van der Waals surface area (Å²) < 4.78 is 0. The van der Waals surface area contributed by atoms with Crippen LogP contribution in [0.3, 0.4) is 0 Å². The summed E-state index contributed by atoms with van der Waals surface area (Å²) in [6.45, 7) is 11.4. The highest BCUT2D eigenvalue weighted by atomic mass is 32.1. The molecule has 102 valence electrons. The predicted molar refractivity (Wildman–Crippen MR) is 78.0 cm³/mol. The van der Waals surface area contributed by atoms with E-state index in [0.717, 1.165) is 12.5 Å². The summed E-state index contributed by atoms with van der Waals surface area (Å²) >= 11 is 1.79. The van der Waals surface area contributed by atoms with E-state index in [1.54, 1.807) is 11.3 Å². The monoisotopic (exact) mass is 267 g/mol. The van der Waals surface area contributed by atoms with Crippen LogP contribution in [0.4, 0.5) is 0 Å². The summed E-state index contributed by atoms with van der Waals surface area (Å²) in [5.74, 6) is 0.761. The Morgan fingerprint density at radius 3 is 2.67 bits per heavy atom. The van der Waals surface area contributed by atoms with Gasteiger partial charge in [-0.1, -0.05) is 20.8 Å². The lowest BCUT2D eigenvalue weighted by molar-refractivity contribution is 0.124. The van der Waals surface area contributed by atoms with Crippen molar-refractivity contribution >= 4 is 11.3 Å². The number of hydrogen-bond acceptors (Lipinski definition) is 4. The molecule has 0 radical (unpaired) electrons. The minimum Gasteiger partial charge on any atom is -0.306 e. The molecule has 3 nitrogen and oxygen atoms in total. The molecular weight excluding hydrogens is 242 g/mol. The standard InChI is InChI=1S/C14H25N3S/c1-4-16-14(13-15-7-10-18-13)5-8-17(9-6-14)11-12(2)3/h7,10,12,16H,4-6,8-9,11H2,1-3H3. The SMILES string of the molecule is CCNC1(c2nccs2)CCN(CC(C)C)CC1. The Morgan fingerprint density at radius 2 is 2.17 bits per heavy atom. The number of thiazole rings is 1. The molecule has 2 heterocycles. The second-order valence-corrected chi connectivity index (χ2v) is 6.54. The van der Waals surface area contributed by atoms with E-state index in [4.69, 9.17) is 0 Å². The van der Waals surface area contributed by atoms with Crippen molar-refractivity contribution in [2.45, 2.75) is 39.2 Å². The highest BCUT2D eigenvalue weighted by molar-refractivity contribution is 7.09. The van der Waals surface area contributed by atoms with Gasteiger partial charge in [0.25, 0.3) is 0 Å². The van der Waals surface area contributed by atoms with E-state index in [1.165, 1.54) is 37.5 Å². The Bertz CT molecular complexity index is 340. The fourth-order valence-corrected chi connectivity index (χ4v) is 3.77. The van der Waals surface area contributed by atoms with E-state index in [9.17, 15) is 0 Å². The maximum atomic E-state index is 4.55. The number of rotatable bonds is 5. The van der Waals surface area contributed by atoms with Gasteiger partial charge in [0.05, 0.1) is 5.54 Å². The normalized spacial score (nSPS) is 20.4. The summed E-state index contributed by atoms with van der Waals surface area (Å²) in [4.78, 5) is 7.15. The molecule has 0 unspecified atom stereocenters. The summed E-state index contributed by atoms with van der Waals surface area (Å²) in [6.07, 6.45) is 4.29. The van der Waals surface area contributed by atoms with Gasteiger partial charge in [0, 0.05) is 31.2 Å². The zero-order chi connectivity index (χ0) is 13.0. The van der Waals surface area contributed by atoms with Crippen molar-refractivity contribution in [3.8, 4) is 0 Å². The van der Waals surface area contributed by atoms with Crippen LogP contribution in [0.5, 0.6) is 0 Å². The average Bonchev–Trinajstić information content (AvgIpc) is 2.86. The van der Waals surface area contributed by atoms with E-state index in [0.29, 0.717) is 0 Å². The van der Waals surface area contributed by atoms with Crippen LogP contribution in [0.25, 0.3) is 0 Å². The Kier molecular flexibility index (Phi) is 4.76. The van der Waals surface area contributed by atoms with Gasteiger partial charge in [-0.3, -0.25) is 0 Å². The van der Waals surface area contributed by atoms with Crippen molar-refractivity contribution in [3.05, 3.63) is 16.6 Å². The lowest BCUT2D eigenvalue weighted by atomic mass is 9.87. The van der Waals surface area contributed by atoms with Crippen LogP contribution in [0.1, 0.15) is 38.6 Å². The number of aromatic nitrogens is 1. The minimum atomic E-state index is 0.135. The number of likely N-dealkylation sites (tertiary alicyclic amines) is 1. The number of nitrogens with zero attached hydrogens (tertiary/aromatic N) is 2. The third-order valence-electron chi connectivity index (χ3n) is 3.69. The molecule has 1 aliphatic heterocycles. The topological polar surface area (TPSA) is 28.2 Å². The maximum absolute atomic E-state index is 4.55. The Balaban J connectivity index is 2.02. The molecule has 18 heavy (non-hydrogen) atoms. The molecule has 0 aliphatic carbocycles. The van der Waals surface area contributed by atoms with Crippen LogP contribution in [-0.2, 0) is 5.54 Å². The second-order valence-electron chi connectivity index (χ2n) is 5.64. The number of hydrogen-bond donors (Lipinski definition) is 1. The molecule has 1 aliphatic rings. The third-order valence-corrected chi connectivity index (χ3v) is 4.67. The number of nitrogens with one attached hydrogen (secondary N) is 1. The van der Waals surface area contributed by atoms with Crippen molar-refractivity contribution in [2.75, 3.05) is 26.2 Å². The van der Waals surface area contributed by atoms with E-state index in [-0.39, 0.29) is 5.54 Å². The van der Waals surface area contributed by atoms with Crippen LogP contribution in [0, 0.1) is 5.92 Å². The smallest absolute Gasteiger partial charge is 0.113 e. The molecule has 0 amide bonds. The van der Waals surface area contributed by atoms with Crippen molar-refractivity contribution in [1.29, 1.82) is 0 Å². The van der Waals surface area contributed by atoms with Gasteiger partial charge in [-0.2, -0.15) is 0 Å². The van der Waals surface area contributed by atoms with Gasteiger partial charge in [0.2, 0.25) is 0 Å². The summed E-state index contributed by atoms with van der Waals surface area (Å²) in [7, 11) is 0. The van der Waals surface area contributed by atoms with Crippen LogP contribution in [0.15, 0.2) is 11.6 Å². The Labute approximate surface area is 115 Å². The van der Waals surface area contributed by atoms with Crippen LogP contribution >= 0.6 is 11.3 Å². The molecular formula is C14H25N3S. The molecule has 1 aromatic rings. The fourth-order valence-electron chi connectivity index (χ4n) is 2.90. The summed E-state index contributed by atoms with van der Waals surface area (Å²) in [5, 5.41) is 7.06. The van der Waals surface area contributed by atoms with Crippen LogP contribution < -0.4 is 5.32 Å². The first kappa shape index (κ1) is 14.0. The highest BCUT2D eigenvalue weighted by Crippen LogP contribution is 2.34. The van der Waals surface area contributed by atoms with E-state index in [1.807, 2.05) is 6.20 Å². The van der Waals surface area contributed by atoms with Crippen LogP contribution in [-0.4, -0.2) is 36.1 Å². The lowest BCUT2D eigenvalue weighted by Gasteiger charge is -2.41. The minimum absolute atomic E-state index is 0.135. The first-order valence-electron chi connectivity index (χ1n) is 7.03. The molecule has 1 fully saturated rings. The molecule has 0 spiro atoms. The molecule has 2 rings (SSSR count). The first-order chi connectivity index (χ1) is 8.66. The van der Waals surface area contributed by atoms with Gasteiger partial charge in [0.15, 0.2) is 0 Å². The molecule has 0 atom stereocenters. The molecule has 0 bridgehead atoms. The average molecular weight is 267 g/mol.